The second-order valence-corrected chi connectivity index (χ2v) is 4.72. The van der Waals surface area contributed by atoms with E-state index in [0.717, 1.165) is 17.8 Å². The second-order valence-electron chi connectivity index (χ2n) is 4.28. The molecule has 2 N–H and O–H groups in total. The van der Waals surface area contributed by atoms with E-state index in [1.165, 1.54) is 0 Å². The van der Waals surface area contributed by atoms with Gasteiger partial charge in [-0.25, -0.2) is 0 Å². The average molecular weight is 270 g/mol. The van der Waals surface area contributed by atoms with Crippen molar-refractivity contribution in [3.63, 3.8) is 0 Å². The molecule has 1 rings (SSSR count). The summed E-state index contributed by atoms with van der Waals surface area (Å²) in [6, 6.07) is 5.58. The van der Waals surface area contributed by atoms with Gasteiger partial charge >= 0.3 is 0 Å². The number of halogens is 1. The van der Waals surface area contributed by atoms with Crippen molar-refractivity contribution in [1.29, 1.82) is 0 Å². The van der Waals surface area contributed by atoms with E-state index in [1.807, 2.05) is 30.0 Å². The lowest BCUT2D eigenvalue weighted by atomic mass is 10.1. The molecule has 4 nitrogen and oxygen atoms in total. The Morgan fingerprint density at radius 1 is 1.39 bits per heavy atom. The number of carbonyl (C=O) groups is 1. The number of benzene rings is 1. The van der Waals surface area contributed by atoms with Gasteiger partial charge in [-0.05, 0) is 30.7 Å². The highest BCUT2D eigenvalue weighted by molar-refractivity contribution is 6.30. The molecule has 0 aliphatic carbocycles. The van der Waals surface area contributed by atoms with Gasteiger partial charge < -0.3 is 15.5 Å². The van der Waals surface area contributed by atoms with Crippen molar-refractivity contribution in [3.8, 4) is 0 Å². The fourth-order valence-electron chi connectivity index (χ4n) is 1.70. The van der Waals surface area contributed by atoms with E-state index in [1.54, 1.807) is 19.0 Å². The van der Waals surface area contributed by atoms with Gasteiger partial charge in [0.15, 0.2) is 0 Å². The Morgan fingerprint density at radius 2 is 2.06 bits per heavy atom. The molecular weight excluding hydrogens is 250 g/mol. The van der Waals surface area contributed by atoms with Crippen molar-refractivity contribution in [1.82, 2.24) is 4.90 Å². The van der Waals surface area contributed by atoms with Crippen LogP contribution >= 0.6 is 11.6 Å². The summed E-state index contributed by atoms with van der Waals surface area (Å²) in [4.78, 5) is 15.4. The Balaban J connectivity index is 2.98. The van der Waals surface area contributed by atoms with Crippen LogP contribution in [-0.4, -0.2) is 38.0 Å². The number of amides is 1. The van der Waals surface area contributed by atoms with Crippen LogP contribution < -0.4 is 10.6 Å². The molecule has 0 spiro atoms. The van der Waals surface area contributed by atoms with Gasteiger partial charge in [-0.3, -0.25) is 4.79 Å². The minimum atomic E-state index is 0.0646. The summed E-state index contributed by atoms with van der Waals surface area (Å²) in [6.07, 6.45) is 0. The van der Waals surface area contributed by atoms with Crippen molar-refractivity contribution < 1.29 is 4.79 Å². The molecule has 1 aromatic carbocycles. The molecule has 0 atom stereocenters. The van der Waals surface area contributed by atoms with Crippen LogP contribution in [0.1, 0.15) is 12.5 Å². The van der Waals surface area contributed by atoms with Gasteiger partial charge in [0, 0.05) is 37.9 Å². The molecule has 18 heavy (non-hydrogen) atoms. The molecule has 0 bridgehead atoms. The van der Waals surface area contributed by atoms with Crippen molar-refractivity contribution in [2.45, 2.75) is 13.5 Å². The van der Waals surface area contributed by atoms with Crippen LogP contribution in [0.25, 0.3) is 0 Å². The molecule has 0 radical (unpaired) electrons. The van der Waals surface area contributed by atoms with Crippen LogP contribution in [0.3, 0.4) is 0 Å². The van der Waals surface area contributed by atoms with Crippen molar-refractivity contribution in [2.24, 2.45) is 5.73 Å². The Kier molecular flexibility index (Phi) is 5.44. The highest BCUT2D eigenvalue weighted by Crippen LogP contribution is 2.24. The van der Waals surface area contributed by atoms with Gasteiger partial charge in [0.1, 0.15) is 0 Å². The number of hydrogen-bond acceptors (Lipinski definition) is 3. The fourth-order valence-corrected chi connectivity index (χ4v) is 1.89. The summed E-state index contributed by atoms with van der Waals surface area (Å²) in [5.74, 6) is 0.0646. The largest absolute Gasteiger partial charge is 0.362 e. The molecule has 0 heterocycles. The predicted molar refractivity (Wildman–Crippen MR) is 75.9 cm³/mol. The third kappa shape index (κ3) is 3.62. The number of rotatable bonds is 5. The summed E-state index contributed by atoms with van der Waals surface area (Å²) in [5, 5.41) is 0.661. The first-order valence-electron chi connectivity index (χ1n) is 5.93. The lowest BCUT2D eigenvalue weighted by Gasteiger charge is -2.26. The van der Waals surface area contributed by atoms with Gasteiger partial charge in [0.2, 0.25) is 5.91 Å². The maximum atomic E-state index is 11.8. The van der Waals surface area contributed by atoms with Crippen LogP contribution in [0.2, 0.25) is 5.02 Å². The monoisotopic (exact) mass is 269 g/mol. The third-order valence-electron chi connectivity index (χ3n) is 2.81. The molecule has 5 heteroatoms. The van der Waals surface area contributed by atoms with E-state index in [-0.39, 0.29) is 5.91 Å². The molecule has 0 saturated carbocycles. The third-order valence-corrected chi connectivity index (χ3v) is 3.04. The Morgan fingerprint density at radius 3 is 2.56 bits per heavy atom. The van der Waals surface area contributed by atoms with Gasteiger partial charge in [-0.2, -0.15) is 0 Å². The summed E-state index contributed by atoms with van der Waals surface area (Å²) in [7, 11) is 3.50. The molecule has 0 saturated heterocycles. The van der Waals surface area contributed by atoms with E-state index in [0.29, 0.717) is 18.1 Å². The number of hydrogen-bond donors (Lipinski definition) is 1. The van der Waals surface area contributed by atoms with E-state index in [2.05, 4.69) is 0 Å². The number of likely N-dealkylation sites (N-methyl/N-ethyl adjacent to an activating group) is 2. The van der Waals surface area contributed by atoms with Gasteiger partial charge in [-0.1, -0.05) is 11.6 Å². The maximum absolute atomic E-state index is 11.8. The predicted octanol–water partition coefficient (Wildman–Crippen LogP) is 1.71. The van der Waals surface area contributed by atoms with Gasteiger partial charge in [0.25, 0.3) is 0 Å². The molecule has 0 fully saturated rings. The smallest absolute Gasteiger partial charge is 0.241 e. The van der Waals surface area contributed by atoms with Crippen LogP contribution in [0.15, 0.2) is 18.2 Å². The summed E-state index contributed by atoms with van der Waals surface area (Å²) < 4.78 is 0. The lowest BCUT2D eigenvalue weighted by molar-refractivity contribution is -0.127. The van der Waals surface area contributed by atoms with E-state index in [9.17, 15) is 4.79 Å². The second kappa shape index (κ2) is 6.61. The van der Waals surface area contributed by atoms with Crippen LogP contribution in [0.5, 0.6) is 0 Å². The van der Waals surface area contributed by atoms with Crippen molar-refractivity contribution in [3.05, 3.63) is 28.8 Å². The molecule has 0 aliphatic rings. The molecule has 0 unspecified atom stereocenters. The minimum Gasteiger partial charge on any atom is -0.362 e. The zero-order valence-electron chi connectivity index (χ0n) is 11.1. The zero-order chi connectivity index (χ0) is 13.7. The summed E-state index contributed by atoms with van der Waals surface area (Å²) >= 11 is 5.95. The first kappa shape index (κ1) is 14.8. The molecule has 0 aromatic heterocycles. The van der Waals surface area contributed by atoms with Gasteiger partial charge in [-0.15, -0.1) is 0 Å². The van der Waals surface area contributed by atoms with E-state index in [4.69, 9.17) is 17.3 Å². The number of nitrogens with zero attached hydrogens (tertiary/aromatic N) is 2. The molecule has 1 aromatic rings. The average Bonchev–Trinajstić information content (AvgIpc) is 2.35. The van der Waals surface area contributed by atoms with E-state index < -0.39 is 0 Å². The quantitative estimate of drug-likeness (QED) is 0.885. The normalized spacial score (nSPS) is 10.3. The minimum absolute atomic E-state index is 0.0646. The number of anilines is 1. The Bertz CT molecular complexity index is 421. The maximum Gasteiger partial charge on any atom is 0.241 e. The SMILES string of the molecule is CCN(CC(=O)N(C)C)c1ccc(Cl)cc1CN. The zero-order valence-corrected chi connectivity index (χ0v) is 11.9. The van der Waals surface area contributed by atoms with Crippen molar-refractivity contribution in [2.75, 3.05) is 32.1 Å². The number of nitrogens with two attached hydrogens (primary N) is 1. The molecule has 100 valence electrons. The highest BCUT2D eigenvalue weighted by atomic mass is 35.5. The van der Waals surface area contributed by atoms with Crippen LogP contribution in [-0.2, 0) is 11.3 Å². The molecule has 1 amide bonds. The number of carbonyl (C=O) groups excluding carboxylic acids is 1. The summed E-state index contributed by atoms with van der Waals surface area (Å²) in [5.41, 5.74) is 7.65. The molecule has 0 aliphatic heterocycles. The van der Waals surface area contributed by atoms with Crippen LogP contribution in [0.4, 0.5) is 5.69 Å². The first-order chi connectivity index (χ1) is 8.49. The first-order valence-corrected chi connectivity index (χ1v) is 6.31. The van der Waals surface area contributed by atoms with Crippen LogP contribution in [0, 0.1) is 0 Å². The van der Waals surface area contributed by atoms with Gasteiger partial charge in [0.05, 0.1) is 6.54 Å². The lowest BCUT2D eigenvalue weighted by Crippen LogP contribution is -2.37. The van der Waals surface area contributed by atoms with E-state index >= 15 is 0 Å². The standard InChI is InChI=1S/C13H20ClN3O/c1-4-17(9-13(18)16(2)3)12-6-5-11(14)7-10(12)8-15/h5-7H,4,8-9,15H2,1-3H3. The fraction of sp³-hybridized carbons (Fsp3) is 0.462. The Hall–Kier alpha value is -1.26. The summed E-state index contributed by atoms with van der Waals surface area (Å²) in [6.45, 7) is 3.51. The topological polar surface area (TPSA) is 49.6 Å². The van der Waals surface area contributed by atoms with Crippen molar-refractivity contribution >= 4 is 23.2 Å². The molecular formula is C13H20ClN3O. The Labute approximate surface area is 113 Å². The highest BCUT2D eigenvalue weighted by Gasteiger charge is 2.14.